The van der Waals surface area contributed by atoms with Crippen LogP contribution in [0.5, 0.6) is 0 Å². The largest absolute Gasteiger partial charge is 0.382 e. The molecule has 0 aromatic heterocycles. The molecular formula is C28H40O7S8. The van der Waals surface area contributed by atoms with Crippen molar-refractivity contribution in [1.82, 2.24) is 0 Å². The van der Waals surface area contributed by atoms with E-state index in [2.05, 4.69) is 5.41 Å². The van der Waals surface area contributed by atoms with Gasteiger partial charge >= 0.3 is 0 Å². The van der Waals surface area contributed by atoms with Gasteiger partial charge in [0, 0.05) is 43.2 Å². The van der Waals surface area contributed by atoms with Gasteiger partial charge in [-0.05, 0) is 37.0 Å². The van der Waals surface area contributed by atoms with Crippen LogP contribution in [0.3, 0.4) is 0 Å². The molecule has 5 rings (SSSR count). The van der Waals surface area contributed by atoms with Crippen molar-refractivity contribution < 1.29 is 33.2 Å². The topological polar surface area (TPSA) is 64.6 Å². The molecule has 0 spiro atoms. The minimum absolute atomic E-state index is 0.140. The van der Waals surface area contributed by atoms with Crippen LogP contribution in [0.4, 0.5) is 0 Å². The highest BCUT2D eigenvalue weighted by atomic mass is 32.3. The molecule has 0 atom stereocenters. The summed E-state index contributed by atoms with van der Waals surface area (Å²) in [5.74, 6) is 2.53. The van der Waals surface area contributed by atoms with Crippen LogP contribution in [-0.4, -0.2) is 92.2 Å². The number of allylic oxidation sites excluding steroid dienone is 1. The van der Waals surface area contributed by atoms with Crippen molar-refractivity contribution in [2.24, 2.45) is 11.3 Å². The van der Waals surface area contributed by atoms with E-state index in [1.807, 2.05) is 101 Å². The first kappa shape index (κ1) is 35.8. The zero-order valence-corrected chi connectivity index (χ0v) is 31.3. The summed E-state index contributed by atoms with van der Waals surface area (Å²) in [5.41, 5.74) is -0.140. The molecule has 43 heavy (non-hydrogen) atoms. The predicted molar refractivity (Wildman–Crippen MR) is 192 cm³/mol. The predicted octanol–water partition coefficient (Wildman–Crippen LogP) is 8.59. The van der Waals surface area contributed by atoms with E-state index in [9.17, 15) is 0 Å². The summed E-state index contributed by atoms with van der Waals surface area (Å²) in [6, 6.07) is 0. The summed E-state index contributed by atoms with van der Waals surface area (Å²) >= 11 is 15.7. The van der Waals surface area contributed by atoms with E-state index < -0.39 is 0 Å². The van der Waals surface area contributed by atoms with Crippen molar-refractivity contribution in [2.45, 2.75) is 31.8 Å². The van der Waals surface area contributed by atoms with Crippen molar-refractivity contribution in [1.29, 1.82) is 0 Å². The molecular weight excluding hydrogens is 705 g/mol. The number of thioether (sulfide) groups is 8. The Morgan fingerprint density at radius 1 is 0.628 bits per heavy atom. The third-order valence-electron chi connectivity index (χ3n) is 7.18. The van der Waals surface area contributed by atoms with Gasteiger partial charge in [0.1, 0.15) is 13.6 Å². The normalized spacial score (nSPS) is 25.7. The Bertz CT molecular complexity index is 1020. The molecule has 0 saturated heterocycles. The number of rotatable bonds is 16. The molecule has 0 aromatic carbocycles. The van der Waals surface area contributed by atoms with Gasteiger partial charge in [-0.1, -0.05) is 70.6 Å². The summed E-state index contributed by atoms with van der Waals surface area (Å²) in [4.78, 5) is 1.55. The van der Waals surface area contributed by atoms with Crippen LogP contribution in [0.25, 0.3) is 0 Å². The second kappa shape index (κ2) is 18.9. The van der Waals surface area contributed by atoms with Gasteiger partial charge in [0.25, 0.3) is 0 Å². The van der Waals surface area contributed by atoms with Crippen molar-refractivity contribution >= 4 is 94.1 Å². The average molecular weight is 745 g/mol. The highest BCUT2D eigenvalue weighted by Crippen LogP contribution is 2.69. The lowest BCUT2D eigenvalue weighted by Crippen LogP contribution is -2.38. The Balaban J connectivity index is 1.12. The van der Waals surface area contributed by atoms with Crippen LogP contribution in [-0.2, 0) is 33.2 Å². The molecule has 5 aliphatic rings. The minimum atomic E-state index is -0.140. The first-order valence-electron chi connectivity index (χ1n) is 14.2. The highest BCUT2D eigenvalue weighted by Gasteiger charge is 2.40. The number of hydrogen-bond donors (Lipinski definition) is 0. The van der Waals surface area contributed by atoms with Crippen LogP contribution < -0.4 is 0 Å². The van der Waals surface area contributed by atoms with Crippen molar-refractivity contribution in [2.75, 3.05) is 86.1 Å². The molecule has 0 radical (unpaired) electrons. The van der Waals surface area contributed by atoms with Crippen molar-refractivity contribution in [3.05, 3.63) is 35.7 Å². The molecule has 4 heterocycles. The summed E-state index contributed by atoms with van der Waals surface area (Å²) in [6.07, 6.45) is 5.28. The molecule has 0 aromatic rings. The quantitative estimate of drug-likeness (QED) is 0.112. The van der Waals surface area contributed by atoms with Crippen LogP contribution in [0.1, 0.15) is 25.7 Å². The van der Waals surface area contributed by atoms with Gasteiger partial charge < -0.3 is 33.2 Å². The zero-order valence-electron chi connectivity index (χ0n) is 24.8. The fourth-order valence-electron chi connectivity index (χ4n) is 4.75. The Kier molecular flexibility index (Phi) is 15.7. The molecule has 4 aliphatic heterocycles. The number of methoxy groups -OCH3 is 3. The smallest absolute Gasteiger partial charge is 0.146 e. The molecule has 1 aliphatic carbocycles. The van der Waals surface area contributed by atoms with E-state index in [1.54, 1.807) is 19.1 Å². The summed E-state index contributed by atoms with van der Waals surface area (Å²) < 4.78 is 47.5. The zero-order chi connectivity index (χ0) is 29.9. The summed E-state index contributed by atoms with van der Waals surface area (Å²) in [5, 5.41) is 2.42. The summed E-state index contributed by atoms with van der Waals surface area (Å²) in [7, 11) is 5.19. The van der Waals surface area contributed by atoms with Crippen LogP contribution in [0.15, 0.2) is 35.7 Å². The van der Waals surface area contributed by atoms with Crippen LogP contribution in [0.2, 0.25) is 0 Å². The standard InChI is InChI=1S/C28H40O7S8/c1-29-8-10-32-17-34-13-28(14-35-18-33-11-9-30-2)15-37-22-23(38-16-28)41-26(40-22)27-42-24-25(43-27)39-21(12-36-24)19-4-6-20(31-3)7-5-19/h12,19-20H,4-11,13-18H2,1-3H3. The second-order valence-corrected chi connectivity index (χ2v) is 20.0. The van der Waals surface area contributed by atoms with E-state index in [4.69, 9.17) is 33.2 Å². The molecule has 0 bridgehead atoms. The molecule has 7 nitrogen and oxygen atoms in total. The second-order valence-electron chi connectivity index (χ2n) is 10.4. The average Bonchev–Trinajstić information content (AvgIpc) is 3.62. The van der Waals surface area contributed by atoms with E-state index in [0.717, 1.165) is 11.5 Å². The van der Waals surface area contributed by atoms with Gasteiger partial charge in [0.2, 0.25) is 0 Å². The SMILES string of the molecule is COCCOCOCC1(COCOCCOC)CSC2=C(SC1)SC(=C1SC3=C(SC(C4CCC(OC)CC4)=CS3)S1)S2. The van der Waals surface area contributed by atoms with Crippen molar-refractivity contribution in [3.8, 4) is 0 Å². The minimum Gasteiger partial charge on any atom is -0.382 e. The van der Waals surface area contributed by atoms with Gasteiger partial charge in [-0.2, -0.15) is 0 Å². The maximum Gasteiger partial charge on any atom is 0.146 e. The lowest BCUT2D eigenvalue weighted by atomic mass is 9.87. The van der Waals surface area contributed by atoms with Gasteiger partial charge in [-0.3, -0.25) is 0 Å². The molecule has 242 valence electrons. The molecule has 15 heteroatoms. The molecule has 0 amide bonds. The fourth-order valence-corrected chi connectivity index (χ4v) is 17.2. The maximum atomic E-state index is 6.00. The Labute approximate surface area is 290 Å². The first-order valence-corrected chi connectivity index (χ1v) is 21.1. The van der Waals surface area contributed by atoms with Gasteiger partial charge in [-0.15, -0.1) is 23.5 Å². The third kappa shape index (κ3) is 10.5. The van der Waals surface area contributed by atoms with Gasteiger partial charge in [0.05, 0.1) is 71.2 Å². The lowest BCUT2D eigenvalue weighted by Gasteiger charge is -2.31. The van der Waals surface area contributed by atoms with E-state index in [-0.39, 0.29) is 19.0 Å². The molecule has 0 unspecified atom stereocenters. The highest BCUT2D eigenvalue weighted by molar-refractivity contribution is 8.45. The molecule has 1 saturated carbocycles. The summed E-state index contributed by atoms with van der Waals surface area (Å²) in [6.45, 7) is 3.82. The first-order chi connectivity index (χ1) is 21.1. The Morgan fingerprint density at radius 2 is 1.16 bits per heavy atom. The lowest BCUT2D eigenvalue weighted by molar-refractivity contribution is -0.117. The van der Waals surface area contributed by atoms with Crippen LogP contribution in [0, 0.1) is 11.3 Å². The maximum absolute atomic E-state index is 6.00. The third-order valence-corrected chi connectivity index (χ3v) is 19.6. The van der Waals surface area contributed by atoms with Crippen LogP contribution >= 0.6 is 94.1 Å². The molecule has 1 fully saturated rings. The molecule has 0 N–H and O–H groups in total. The van der Waals surface area contributed by atoms with Gasteiger partial charge in [-0.25, -0.2) is 0 Å². The van der Waals surface area contributed by atoms with E-state index in [0.29, 0.717) is 51.7 Å². The monoisotopic (exact) mass is 744 g/mol. The van der Waals surface area contributed by atoms with E-state index in [1.165, 1.54) is 51.1 Å². The number of hydrogen-bond acceptors (Lipinski definition) is 15. The Hall–Kier alpha value is 1.48. The number of ether oxygens (including phenoxy) is 7. The van der Waals surface area contributed by atoms with E-state index >= 15 is 0 Å². The van der Waals surface area contributed by atoms with Gasteiger partial charge in [0.15, 0.2) is 0 Å². The Morgan fingerprint density at radius 3 is 1.72 bits per heavy atom. The fraction of sp³-hybridized carbons (Fsp3) is 0.714. The van der Waals surface area contributed by atoms with Crippen molar-refractivity contribution in [3.63, 3.8) is 0 Å².